The van der Waals surface area contributed by atoms with Gasteiger partial charge in [0.2, 0.25) is 0 Å². The Kier molecular flexibility index (Phi) is 3.87. The van der Waals surface area contributed by atoms with Crippen molar-refractivity contribution in [2.24, 2.45) is 0 Å². The van der Waals surface area contributed by atoms with Gasteiger partial charge in [-0.25, -0.2) is 8.42 Å². The summed E-state index contributed by atoms with van der Waals surface area (Å²) in [5.74, 6) is 0. The van der Waals surface area contributed by atoms with Gasteiger partial charge in [-0.3, -0.25) is 4.68 Å². The van der Waals surface area contributed by atoms with Crippen LogP contribution in [-0.2, 0) is 16.4 Å². The first-order valence-corrected chi connectivity index (χ1v) is 6.73. The molecule has 0 radical (unpaired) electrons. The first-order chi connectivity index (χ1) is 6.93. The predicted molar refractivity (Wildman–Crippen MR) is 56.3 cm³/mol. The van der Waals surface area contributed by atoms with E-state index >= 15 is 0 Å². The molecule has 0 fully saturated rings. The summed E-state index contributed by atoms with van der Waals surface area (Å²) in [4.78, 5) is 0.186. The van der Waals surface area contributed by atoms with Crippen molar-refractivity contribution in [2.45, 2.75) is 37.3 Å². The van der Waals surface area contributed by atoms with E-state index in [0.29, 0.717) is 13.0 Å². The van der Waals surface area contributed by atoms with E-state index in [9.17, 15) is 13.5 Å². The van der Waals surface area contributed by atoms with E-state index < -0.39 is 15.9 Å². The summed E-state index contributed by atoms with van der Waals surface area (Å²) < 4.78 is 23.7. The zero-order valence-corrected chi connectivity index (χ0v) is 9.74. The van der Waals surface area contributed by atoms with Gasteiger partial charge in [-0.2, -0.15) is 5.10 Å². The summed E-state index contributed by atoms with van der Waals surface area (Å²) in [5, 5.41) is 13.4. The molecular formula is C9H16N2O3S. The quantitative estimate of drug-likeness (QED) is 0.800. The number of rotatable bonds is 5. The highest BCUT2D eigenvalue weighted by molar-refractivity contribution is 7.90. The summed E-state index contributed by atoms with van der Waals surface area (Å²) in [6.07, 6.45) is 4.98. The number of hydrogen-bond donors (Lipinski definition) is 1. The molecule has 0 amide bonds. The lowest BCUT2D eigenvalue weighted by Crippen LogP contribution is -2.15. The maximum absolute atomic E-state index is 11.1. The topological polar surface area (TPSA) is 72.2 Å². The molecule has 15 heavy (non-hydrogen) atoms. The van der Waals surface area contributed by atoms with Crippen molar-refractivity contribution in [3.63, 3.8) is 0 Å². The second-order valence-corrected chi connectivity index (χ2v) is 5.63. The minimum absolute atomic E-state index is 0.186. The Balaban J connectivity index is 2.69. The third-order valence-corrected chi connectivity index (χ3v) is 3.12. The largest absolute Gasteiger partial charge is 0.391 e. The van der Waals surface area contributed by atoms with Crippen molar-refractivity contribution in [1.82, 2.24) is 9.78 Å². The fourth-order valence-electron chi connectivity index (χ4n) is 1.28. The van der Waals surface area contributed by atoms with Crippen molar-refractivity contribution in [3.8, 4) is 0 Å². The highest BCUT2D eigenvalue weighted by Crippen LogP contribution is 2.07. The summed E-state index contributed by atoms with van der Waals surface area (Å²) in [6, 6.07) is 0. The molecule has 0 aromatic carbocycles. The lowest BCUT2D eigenvalue weighted by Gasteiger charge is -2.08. The fourth-order valence-corrected chi connectivity index (χ4v) is 1.83. The zero-order chi connectivity index (χ0) is 11.5. The fraction of sp³-hybridized carbons (Fsp3) is 0.667. The van der Waals surface area contributed by atoms with Gasteiger partial charge >= 0.3 is 0 Å². The van der Waals surface area contributed by atoms with Crippen LogP contribution in [0.15, 0.2) is 17.3 Å². The summed E-state index contributed by atoms with van der Waals surface area (Å²) in [6.45, 7) is 2.32. The minimum Gasteiger partial charge on any atom is -0.391 e. The van der Waals surface area contributed by atoms with Gasteiger partial charge < -0.3 is 5.11 Å². The minimum atomic E-state index is -3.20. The molecule has 1 aromatic rings. The molecule has 0 aliphatic heterocycles. The number of hydrogen-bond acceptors (Lipinski definition) is 4. The summed E-state index contributed by atoms with van der Waals surface area (Å²) in [7, 11) is -3.20. The lowest BCUT2D eigenvalue weighted by molar-refractivity contribution is 0.139. The van der Waals surface area contributed by atoms with Crippen LogP contribution < -0.4 is 0 Å². The lowest BCUT2D eigenvalue weighted by atomic mass is 10.2. The Hall–Kier alpha value is -0.880. The van der Waals surface area contributed by atoms with Crippen molar-refractivity contribution in [1.29, 1.82) is 0 Å². The average molecular weight is 232 g/mol. The molecule has 0 saturated carbocycles. The van der Waals surface area contributed by atoms with Crippen LogP contribution in [0, 0.1) is 0 Å². The molecular weight excluding hydrogens is 216 g/mol. The van der Waals surface area contributed by atoms with Gasteiger partial charge in [0, 0.05) is 12.5 Å². The number of aliphatic hydroxyl groups is 1. The number of aliphatic hydroxyl groups excluding tert-OH is 1. The second kappa shape index (κ2) is 4.76. The number of sulfone groups is 1. The number of nitrogens with zero attached hydrogens (tertiary/aromatic N) is 2. The molecule has 0 aliphatic rings. The van der Waals surface area contributed by atoms with Crippen molar-refractivity contribution in [2.75, 3.05) is 6.26 Å². The molecule has 86 valence electrons. The van der Waals surface area contributed by atoms with Crippen LogP contribution >= 0.6 is 0 Å². The zero-order valence-electron chi connectivity index (χ0n) is 8.92. The third kappa shape index (κ3) is 3.64. The molecule has 0 aliphatic carbocycles. The molecule has 1 atom stereocenters. The highest BCUT2D eigenvalue weighted by Gasteiger charge is 2.11. The van der Waals surface area contributed by atoms with E-state index in [-0.39, 0.29) is 4.90 Å². The van der Waals surface area contributed by atoms with E-state index in [4.69, 9.17) is 0 Å². The monoisotopic (exact) mass is 232 g/mol. The Bertz CT molecular complexity index is 411. The molecule has 1 N–H and O–H groups in total. The maximum Gasteiger partial charge on any atom is 0.178 e. The van der Waals surface area contributed by atoms with E-state index in [0.717, 1.165) is 12.7 Å². The molecule has 0 saturated heterocycles. The van der Waals surface area contributed by atoms with E-state index in [1.807, 2.05) is 6.92 Å². The molecule has 1 unspecified atom stereocenters. The molecule has 1 heterocycles. The van der Waals surface area contributed by atoms with Crippen LogP contribution in [0.4, 0.5) is 0 Å². The van der Waals surface area contributed by atoms with Gasteiger partial charge in [0.1, 0.15) is 4.90 Å². The third-order valence-electron chi connectivity index (χ3n) is 2.06. The molecule has 1 rings (SSSR count). The highest BCUT2D eigenvalue weighted by atomic mass is 32.2. The van der Waals surface area contributed by atoms with Crippen LogP contribution in [0.5, 0.6) is 0 Å². The van der Waals surface area contributed by atoms with Crippen LogP contribution in [0.3, 0.4) is 0 Å². The maximum atomic E-state index is 11.1. The van der Waals surface area contributed by atoms with E-state index in [2.05, 4.69) is 5.10 Å². The normalized spacial score (nSPS) is 14.1. The van der Waals surface area contributed by atoms with E-state index in [1.54, 1.807) is 0 Å². The van der Waals surface area contributed by atoms with Gasteiger partial charge in [-0.1, -0.05) is 13.3 Å². The Morgan fingerprint density at radius 3 is 2.73 bits per heavy atom. The number of aromatic nitrogens is 2. The predicted octanol–water partition coefficient (Wildman–Crippen LogP) is 0.448. The van der Waals surface area contributed by atoms with Crippen LogP contribution in [0.1, 0.15) is 19.8 Å². The molecule has 1 aromatic heterocycles. The summed E-state index contributed by atoms with van der Waals surface area (Å²) in [5.41, 5.74) is 0. The van der Waals surface area contributed by atoms with Crippen LogP contribution in [-0.4, -0.2) is 35.7 Å². The second-order valence-electron chi connectivity index (χ2n) is 3.61. The Morgan fingerprint density at radius 2 is 2.27 bits per heavy atom. The van der Waals surface area contributed by atoms with E-state index in [1.165, 1.54) is 17.1 Å². The van der Waals surface area contributed by atoms with Crippen molar-refractivity contribution >= 4 is 9.84 Å². The first-order valence-electron chi connectivity index (χ1n) is 4.84. The van der Waals surface area contributed by atoms with Crippen molar-refractivity contribution < 1.29 is 13.5 Å². The molecule has 0 bridgehead atoms. The Labute approximate surface area is 89.6 Å². The molecule has 6 heteroatoms. The van der Waals surface area contributed by atoms with Gasteiger partial charge in [-0.05, 0) is 6.42 Å². The Morgan fingerprint density at radius 1 is 1.60 bits per heavy atom. The van der Waals surface area contributed by atoms with Crippen molar-refractivity contribution in [3.05, 3.63) is 12.4 Å². The van der Waals surface area contributed by atoms with Crippen LogP contribution in [0.25, 0.3) is 0 Å². The van der Waals surface area contributed by atoms with Gasteiger partial charge in [0.25, 0.3) is 0 Å². The summed E-state index contributed by atoms with van der Waals surface area (Å²) >= 11 is 0. The first kappa shape index (κ1) is 12.2. The smallest absolute Gasteiger partial charge is 0.178 e. The SMILES string of the molecule is CCCC(O)Cn1cc(S(C)(=O)=O)cn1. The molecule has 5 nitrogen and oxygen atoms in total. The standard InChI is InChI=1S/C9H16N2O3S/c1-3-4-8(12)6-11-7-9(5-10-11)15(2,13)14/h5,7-8,12H,3-4,6H2,1-2H3. The average Bonchev–Trinajstić information content (AvgIpc) is 2.52. The van der Waals surface area contributed by atoms with Crippen LogP contribution in [0.2, 0.25) is 0 Å². The molecule has 0 spiro atoms. The van der Waals surface area contributed by atoms with Gasteiger partial charge in [0.05, 0.1) is 18.8 Å². The van der Waals surface area contributed by atoms with Gasteiger partial charge in [-0.15, -0.1) is 0 Å². The van der Waals surface area contributed by atoms with Gasteiger partial charge in [0.15, 0.2) is 9.84 Å².